The zero-order valence-electron chi connectivity index (χ0n) is 11.2. The van der Waals surface area contributed by atoms with E-state index in [1.54, 1.807) is 0 Å². The maximum Gasteiger partial charge on any atom is 0.0738 e. The molecule has 1 saturated heterocycles. The number of hydrogen-bond acceptors (Lipinski definition) is 3. The fourth-order valence-electron chi connectivity index (χ4n) is 2.52. The number of nitrogens with two attached hydrogens (primary N) is 1. The molecule has 0 radical (unpaired) electrons. The van der Waals surface area contributed by atoms with E-state index in [0.29, 0.717) is 6.10 Å². The van der Waals surface area contributed by atoms with Crippen LogP contribution in [0.4, 0.5) is 0 Å². The Hall–Kier alpha value is -0.390. The number of nitrogens with zero attached hydrogens (tertiary/aromatic N) is 2. The molecule has 2 unspecified atom stereocenters. The third-order valence-electron chi connectivity index (χ3n) is 3.60. The van der Waals surface area contributed by atoms with Crippen molar-refractivity contribution in [1.82, 2.24) is 9.78 Å². The molecular formula is C13H22BrN3O. The molecule has 0 spiro atoms. The van der Waals surface area contributed by atoms with Gasteiger partial charge in [-0.25, -0.2) is 0 Å². The Labute approximate surface area is 117 Å². The van der Waals surface area contributed by atoms with Crippen LogP contribution in [-0.2, 0) is 18.2 Å². The van der Waals surface area contributed by atoms with Crippen molar-refractivity contribution >= 4 is 15.9 Å². The molecule has 0 amide bonds. The van der Waals surface area contributed by atoms with Crippen LogP contribution in [0.2, 0.25) is 0 Å². The van der Waals surface area contributed by atoms with Crippen molar-refractivity contribution in [3.63, 3.8) is 0 Å². The van der Waals surface area contributed by atoms with E-state index < -0.39 is 0 Å². The van der Waals surface area contributed by atoms with Crippen LogP contribution >= 0.6 is 15.9 Å². The van der Waals surface area contributed by atoms with Crippen molar-refractivity contribution in [2.45, 2.75) is 51.2 Å². The summed E-state index contributed by atoms with van der Waals surface area (Å²) >= 11 is 3.58. The van der Waals surface area contributed by atoms with Crippen LogP contribution in [0.5, 0.6) is 0 Å². The van der Waals surface area contributed by atoms with Crippen LogP contribution in [0, 0.1) is 6.92 Å². The number of aryl methyl sites for hydroxylation is 2. The van der Waals surface area contributed by atoms with E-state index in [9.17, 15) is 0 Å². The molecular weight excluding hydrogens is 294 g/mol. The Morgan fingerprint density at radius 1 is 1.61 bits per heavy atom. The number of halogens is 1. The second kappa shape index (κ2) is 6.17. The molecule has 2 heterocycles. The number of ether oxygens (including phenoxy) is 1. The van der Waals surface area contributed by atoms with Crippen molar-refractivity contribution in [1.29, 1.82) is 0 Å². The van der Waals surface area contributed by atoms with Gasteiger partial charge in [0.05, 0.1) is 22.0 Å². The first kappa shape index (κ1) is 14.0. The minimum absolute atomic E-state index is 0.181. The lowest BCUT2D eigenvalue weighted by molar-refractivity contribution is 0.101. The molecule has 102 valence electrons. The fraction of sp³-hybridized carbons (Fsp3) is 0.769. The topological polar surface area (TPSA) is 53.1 Å². The molecule has 2 atom stereocenters. The zero-order chi connectivity index (χ0) is 13.1. The van der Waals surface area contributed by atoms with Gasteiger partial charge in [-0.2, -0.15) is 5.10 Å². The van der Waals surface area contributed by atoms with Crippen LogP contribution in [0.25, 0.3) is 0 Å². The second-order valence-corrected chi connectivity index (χ2v) is 5.94. The van der Waals surface area contributed by atoms with Crippen LogP contribution in [0.1, 0.15) is 37.1 Å². The molecule has 1 aromatic heterocycles. The van der Waals surface area contributed by atoms with Crippen molar-refractivity contribution < 1.29 is 4.74 Å². The first-order valence-corrected chi connectivity index (χ1v) is 7.42. The van der Waals surface area contributed by atoms with Gasteiger partial charge in [0, 0.05) is 26.1 Å². The number of hydrogen-bond donors (Lipinski definition) is 1. The van der Waals surface area contributed by atoms with E-state index in [1.807, 2.05) is 18.7 Å². The second-order valence-electron chi connectivity index (χ2n) is 5.15. The van der Waals surface area contributed by atoms with Gasteiger partial charge in [0.1, 0.15) is 0 Å². The van der Waals surface area contributed by atoms with Gasteiger partial charge in [-0.3, -0.25) is 4.68 Å². The quantitative estimate of drug-likeness (QED) is 0.907. The highest BCUT2D eigenvalue weighted by atomic mass is 79.9. The summed E-state index contributed by atoms with van der Waals surface area (Å²) in [6.45, 7) is 2.93. The number of aromatic nitrogens is 2. The summed E-state index contributed by atoms with van der Waals surface area (Å²) in [6.07, 6.45) is 5.79. The third kappa shape index (κ3) is 3.33. The number of rotatable bonds is 5. The standard InChI is InChI=1S/C13H22BrN3O/c1-9-13(14)12(17(2)16-9)8-10(15)5-6-11-4-3-7-18-11/h10-11H,3-8,15H2,1-2H3. The molecule has 1 fully saturated rings. The molecule has 18 heavy (non-hydrogen) atoms. The molecule has 1 aliphatic heterocycles. The first-order valence-electron chi connectivity index (χ1n) is 6.63. The molecule has 1 aromatic rings. The average Bonchev–Trinajstić information content (AvgIpc) is 2.92. The van der Waals surface area contributed by atoms with Gasteiger partial charge in [0.15, 0.2) is 0 Å². The van der Waals surface area contributed by atoms with Crippen LogP contribution in [0.15, 0.2) is 4.47 Å². The summed E-state index contributed by atoms with van der Waals surface area (Å²) in [5.41, 5.74) is 8.43. The van der Waals surface area contributed by atoms with Crippen molar-refractivity contribution in [2.75, 3.05) is 6.61 Å². The molecule has 0 bridgehead atoms. The predicted octanol–water partition coefficient (Wildman–Crippen LogP) is 2.32. The van der Waals surface area contributed by atoms with E-state index in [0.717, 1.165) is 36.0 Å². The molecule has 5 heteroatoms. The van der Waals surface area contributed by atoms with Crippen molar-refractivity contribution in [2.24, 2.45) is 12.8 Å². The minimum atomic E-state index is 0.181. The van der Waals surface area contributed by atoms with Gasteiger partial charge in [-0.05, 0) is 48.5 Å². The van der Waals surface area contributed by atoms with E-state index in [-0.39, 0.29) is 6.04 Å². The summed E-state index contributed by atoms with van der Waals surface area (Å²) in [7, 11) is 1.97. The Morgan fingerprint density at radius 3 is 2.94 bits per heavy atom. The highest BCUT2D eigenvalue weighted by Crippen LogP contribution is 2.23. The van der Waals surface area contributed by atoms with E-state index in [2.05, 4.69) is 21.0 Å². The summed E-state index contributed by atoms with van der Waals surface area (Å²) < 4.78 is 8.64. The zero-order valence-corrected chi connectivity index (χ0v) is 12.7. The molecule has 0 saturated carbocycles. The van der Waals surface area contributed by atoms with E-state index in [1.165, 1.54) is 18.5 Å². The maximum absolute atomic E-state index is 6.21. The first-order chi connectivity index (χ1) is 8.58. The molecule has 0 aromatic carbocycles. The molecule has 2 rings (SSSR count). The van der Waals surface area contributed by atoms with Crippen molar-refractivity contribution in [3.8, 4) is 0 Å². The van der Waals surface area contributed by atoms with Crippen molar-refractivity contribution in [3.05, 3.63) is 15.9 Å². The Balaban J connectivity index is 1.84. The highest BCUT2D eigenvalue weighted by Gasteiger charge is 2.18. The molecule has 0 aliphatic carbocycles. The van der Waals surface area contributed by atoms with Gasteiger partial charge in [0.2, 0.25) is 0 Å². The third-order valence-corrected chi connectivity index (χ3v) is 4.63. The monoisotopic (exact) mass is 315 g/mol. The largest absolute Gasteiger partial charge is 0.378 e. The lowest BCUT2D eigenvalue weighted by atomic mass is 10.0. The molecule has 1 aliphatic rings. The lowest BCUT2D eigenvalue weighted by Crippen LogP contribution is -2.25. The fourth-order valence-corrected chi connectivity index (χ4v) is 3.02. The molecule has 4 nitrogen and oxygen atoms in total. The Kier molecular flexibility index (Phi) is 4.81. The summed E-state index contributed by atoms with van der Waals surface area (Å²) in [4.78, 5) is 0. The average molecular weight is 316 g/mol. The summed E-state index contributed by atoms with van der Waals surface area (Å²) in [5, 5.41) is 4.39. The van der Waals surface area contributed by atoms with Gasteiger partial charge >= 0.3 is 0 Å². The lowest BCUT2D eigenvalue weighted by Gasteiger charge is -2.15. The molecule has 2 N–H and O–H groups in total. The Morgan fingerprint density at radius 2 is 2.39 bits per heavy atom. The maximum atomic E-state index is 6.21. The van der Waals surface area contributed by atoms with Gasteiger partial charge in [-0.15, -0.1) is 0 Å². The van der Waals surface area contributed by atoms with E-state index in [4.69, 9.17) is 10.5 Å². The minimum Gasteiger partial charge on any atom is -0.378 e. The summed E-state index contributed by atoms with van der Waals surface area (Å²) in [5.74, 6) is 0. The van der Waals surface area contributed by atoms with E-state index >= 15 is 0 Å². The SMILES string of the molecule is Cc1nn(C)c(CC(N)CCC2CCCO2)c1Br. The van der Waals surface area contributed by atoms with Crippen LogP contribution in [-0.4, -0.2) is 28.5 Å². The highest BCUT2D eigenvalue weighted by molar-refractivity contribution is 9.10. The van der Waals surface area contributed by atoms with Crippen LogP contribution in [0.3, 0.4) is 0 Å². The Bertz CT molecular complexity index is 399. The predicted molar refractivity (Wildman–Crippen MR) is 75.5 cm³/mol. The normalized spacial score (nSPS) is 21.4. The van der Waals surface area contributed by atoms with Crippen LogP contribution < -0.4 is 5.73 Å². The smallest absolute Gasteiger partial charge is 0.0738 e. The van der Waals surface area contributed by atoms with Gasteiger partial charge in [0.25, 0.3) is 0 Å². The van der Waals surface area contributed by atoms with Gasteiger partial charge in [-0.1, -0.05) is 0 Å². The van der Waals surface area contributed by atoms with Gasteiger partial charge < -0.3 is 10.5 Å². The summed E-state index contributed by atoms with van der Waals surface area (Å²) in [6, 6.07) is 0.181.